The highest BCUT2D eigenvalue weighted by Gasteiger charge is 2.04. The molecule has 0 saturated carbocycles. The number of hydrogen-bond acceptors (Lipinski definition) is 3. The number of nitrogens with zero attached hydrogens (tertiary/aromatic N) is 3. The molecule has 3 rings (SSSR count). The van der Waals surface area contributed by atoms with E-state index in [1.807, 2.05) is 29.1 Å². The van der Waals surface area contributed by atoms with Gasteiger partial charge in [0.25, 0.3) is 0 Å². The summed E-state index contributed by atoms with van der Waals surface area (Å²) in [7, 11) is 0. The molecule has 0 amide bonds. The zero-order chi connectivity index (χ0) is 12.5. The largest absolute Gasteiger partial charge is 0.325 e. The Kier molecular flexibility index (Phi) is 2.57. The molecule has 2 N–H and O–H groups in total. The van der Waals surface area contributed by atoms with Crippen LogP contribution in [0.3, 0.4) is 0 Å². The van der Waals surface area contributed by atoms with Gasteiger partial charge in [-0.2, -0.15) is 0 Å². The van der Waals surface area contributed by atoms with E-state index in [2.05, 4.69) is 35.1 Å². The van der Waals surface area contributed by atoms with E-state index in [1.54, 1.807) is 0 Å². The third kappa shape index (κ3) is 1.87. The average molecular weight is 238 g/mol. The Balaban J connectivity index is 2.12. The van der Waals surface area contributed by atoms with Gasteiger partial charge in [0.05, 0.1) is 5.69 Å². The van der Waals surface area contributed by atoms with Gasteiger partial charge in [0, 0.05) is 30.7 Å². The van der Waals surface area contributed by atoms with E-state index in [0.717, 1.165) is 16.8 Å². The number of aryl methyl sites for hydroxylation is 1. The zero-order valence-corrected chi connectivity index (χ0v) is 10.2. The fourth-order valence-electron chi connectivity index (χ4n) is 2.01. The number of fused-ring (bicyclic) bond motifs is 1. The van der Waals surface area contributed by atoms with Crippen LogP contribution in [0.2, 0.25) is 0 Å². The summed E-state index contributed by atoms with van der Waals surface area (Å²) < 4.78 is 1.92. The summed E-state index contributed by atoms with van der Waals surface area (Å²) in [5.41, 5.74) is 9.90. The minimum atomic E-state index is 0.434. The minimum absolute atomic E-state index is 0.434. The lowest BCUT2D eigenvalue weighted by Crippen LogP contribution is -1.95. The van der Waals surface area contributed by atoms with Gasteiger partial charge in [0.1, 0.15) is 0 Å². The van der Waals surface area contributed by atoms with E-state index in [4.69, 9.17) is 5.73 Å². The third-order valence-corrected chi connectivity index (χ3v) is 2.92. The average Bonchev–Trinajstić information content (AvgIpc) is 2.80. The third-order valence-electron chi connectivity index (χ3n) is 2.92. The molecule has 0 aliphatic rings. The summed E-state index contributed by atoms with van der Waals surface area (Å²) in [6.45, 7) is 2.52. The quantitative estimate of drug-likeness (QED) is 0.744. The van der Waals surface area contributed by atoms with E-state index >= 15 is 0 Å². The van der Waals surface area contributed by atoms with Gasteiger partial charge in [0.15, 0.2) is 0 Å². The molecule has 2 aromatic heterocycles. The van der Waals surface area contributed by atoms with Crippen molar-refractivity contribution in [1.29, 1.82) is 0 Å². The first-order chi connectivity index (χ1) is 8.76. The van der Waals surface area contributed by atoms with Gasteiger partial charge < -0.3 is 5.73 Å². The van der Waals surface area contributed by atoms with Gasteiger partial charge in [0.2, 0.25) is 5.78 Å². The second kappa shape index (κ2) is 4.23. The van der Waals surface area contributed by atoms with Crippen LogP contribution >= 0.6 is 0 Å². The van der Waals surface area contributed by atoms with Crippen LogP contribution in [0, 0.1) is 6.92 Å². The second-order valence-corrected chi connectivity index (χ2v) is 4.36. The molecule has 4 heteroatoms. The van der Waals surface area contributed by atoms with Gasteiger partial charge in [-0.25, -0.2) is 9.97 Å². The molecule has 2 heterocycles. The highest BCUT2D eigenvalue weighted by molar-refractivity contribution is 5.63. The van der Waals surface area contributed by atoms with Crippen molar-refractivity contribution in [2.45, 2.75) is 13.5 Å². The second-order valence-electron chi connectivity index (χ2n) is 4.36. The van der Waals surface area contributed by atoms with E-state index in [-0.39, 0.29) is 0 Å². The molecule has 0 unspecified atom stereocenters. The van der Waals surface area contributed by atoms with Crippen LogP contribution in [-0.4, -0.2) is 14.4 Å². The Morgan fingerprint density at radius 1 is 1.22 bits per heavy atom. The summed E-state index contributed by atoms with van der Waals surface area (Å²) in [4.78, 5) is 8.66. The molecule has 1 aromatic carbocycles. The molecule has 18 heavy (non-hydrogen) atoms. The summed E-state index contributed by atoms with van der Waals surface area (Å²) in [5.74, 6) is 0.687. The maximum atomic E-state index is 5.58. The van der Waals surface area contributed by atoms with Crippen molar-refractivity contribution in [1.82, 2.24) is 14.4 Å². The van der Waals surface area contributed by atoms with Crippen molar-refractivity contribution >= 4 is 5.78 Å². The lowest BCUT2D eigenvalue weighted by Gasteiger charge is -2.02. The fraction of sp³-hybridized carbons (Fsp3) is 0.143. The minimum Gasteiger partial charge on any atom is -0.325 e. The number of benzene rings is 1. The van der Waals surface area contributed by atoms with Gasteiger partial charge in [-0.15, -0.1) is 0 Å². The van der Waals surface area contributed by atoms with Gasteiger partial charge in [-0.05, 0) is 12.5 Å². The summed E-state index contributed by atoms with van der Waals surface area (Å²) in [6, 6.07) is 8.35. The lowest BCUT2D eigenvalue weighted by atomic mass is 10.1. The van der Waals surface area contributed by atoms with Crippen LogP contribution < -0.4 is 5.73 Å². The first kappa shape index (κ1) is 10.9. The Labute approximate surface area is 105 Å². The number of rotatable bonds is 2. The lowest BCUT2D eigenvalue weighted by molar-refractivity contribution is 1.01. The molecule has 4 nitrogen and oxygen atoms in total. The van der Waals surface area contributed by atoms with Crippen LogP contribution in [0.5, 0.6) is 0 Å². The number of nitrogens with two attached hydrogens (primary N) is 1. The Morgan fingerprint density at radius 3 is 2.89 bits per heavy atom. The molecule has 3 aromatic rings. The van der Waals surface area contributed by atoms with Crippen molar-refractivity contribution in [3.63, 3.8) is 0 Å². The first-order valence-electron chi connectivity index (χ1n) is 5.87. The van der Waals surface area contributed by atoms with Crippen molar-refractivity contribution in [2.75, 3.05) is 0 Å². The maximum absolute atomic E-state index is 5.58. The molecule has 0 fully saturated rings. The maximum Gasteiger partial charge on any atom is 0.233 e. The Morgan fingerprint density at radius 2 is 2.11 bits per heavy atom. The normalized spacial score (nSPS) is 11.0. The van der Waals surface area contributed by atoms with Crippen LogP contribution in [0.15, 0.2) is 42.9 Å². The summed E-state index contributed by atoms with van der Waals surface area (Å²) in [5, 5.41) is 0. The summed E-state index contributed by atoms with van der Waals surface area (Å²) in [6.07, 6.45) is 5.79. The van der Waals surface area contributed by atoms with E-state index in [0.29, 0.717) is 12.3 Å². The van der Waals surface area contributed by atoms with Crippen molar-refractivity contribution in [3.8, 4) is 11.1 Å². The topological polar surface area (TPSA) is 56.2 Å². The Bertz CT molecular complexity index is 700. The van der Waals surface area contributed by atoms with Gasteiger partial charge in [-0.1, -0.05) is 29.8 Å². The monoisotopic (exact) mass is 238 g/mol. The van der Waals surface area contributed by atoms with Crippen LogP contribution in [0.4, 0.5) is 0 Å². The SMILES string of the molecule is Cc1cccc(-c2cnc3nc(CN)cn3c2)c1. The highest BCUT2D eigenvalue weighted by Crippen LogP contribution is 2.19. The molecular weight excluding hydrogens is 224 g/mol. The molecule has 0 aliphatic heterocycles. The number of aromatic nitrogens is 3. The standard InChI is InChI=1S/C14H14N4/c1-10-3-2-4-11(5-10)12-7-16-14-17-13(6-15)9-18(14)8-12/h2-5,7-9H,6,15H2,1H3. The molecule has 0 bridgehead atoms. The zero-order valence-electron chi connectivity index (χ0n) is 10.2. The molecule has 0 atom stereocenters. The molecule has 0 aliphatic carbocycles. The van der Waals surface area contributed by atoms with Crippen LogP contribution in [0.25, 0.3) is 16.9 Å². The van der Waals surface area contributed by atoms with Crippen molar-refractivity contribution in [2.24, 2.45) is 5.73 Å². The van der Waals surface area contributed by atoms with Crippen molar-refractivity contribution < 1.29 is 0 Å². The molecule has 90 valence electrons. The van der Waals surface area contributed by atoms with Crippen LogP contribution in [-0.2, 0) is 6.54 Å². The number of hydrogen-bond donors (Lipinski definition) is 1. The van der Waals surface area contributed by atoms with Crippen molar-refractivity contribution in [3.05, 3.63) is 54.1 Å². The molecule has 0 spiro atoms. The Hall–Kier alpha value is -2.20. The highest BCUT2D eigenvalue weighted by atomic mass is 15.1. The van der Waals surface area contributed by atoms with Gasteiger partial charge in [-0.3, -0.25) is 4.40 Å². The number of imidazole rings is 1. The molecular formula is C14H14N4. The molecule has 0 saturated heterocycles. The van der Waals surface area contributed by atoms with Gasteiger partial charge >= 0.3 is 0 Å². The summed E-state index contributed by atoms with van der Waals surface area (Å²) >= 11 is 0. The predicted molar refractivity (Wildman–Crippen MR) is 71.1 cm³/mol. The predicted octanol–water partition coefficient (Wildman–Crippen LogP) is 2.16. The first-order valence-corrected chi connectivity index (χ1v) is 5.87. The van der Waals surface area contributed by atoms with E-state index in [9.17, 15) is 0 Å². The smallest absolute Gasteiger partial charge is 0.233 e. The van der Waals surface area contributed by atoms with E-state index < -0.39 is 0 Å². The van der Waals surface area contributed by atoms with E-state index in [1.165, 1.54) is 5.56 Å². The fourth-order valence-corrected chi connectivity index (χ4v) is 2.01. The molecule has 0 radical (unpaired) electrons. The van der Waals surface area contributed by atoms with Crippen LogP contribution in [0.1, 0.15) is 11.3 Å².